The number of hydrogen-bond donors (Lipinski definition) is 2. The van der Waals surface area contributed by atoms with Gasteiger partial charge in [-0.15, -0.1) is 0 Å². The molecule has 0 bridgehead atoms. The first-order valence-electron chi connectivity index (χ1n) is 7.80. The highest BCUT2D eigenvalue weighted by Gasteiger charge is 2.36. The van der Waals surface area contributed by atoms with Crippen LogP contribution in [0.25, 0.3) is 11.2 Å². The third-order valence-corrected chi connectivity index (χ3v) is 14.1. The number of nitrogens with one attached hydrogen (secondary N) is 1. The average molecular weight is 420 g/mol. The number of aromatic hydroxyl groups is 1. The maximum Gasteiger partial charge on any atom is 0.296 e. The standard InChI is InChI=1S/C13H17N4O4PS3/c1-7-4-9(21-8(7)5-20-22(23)24-2-3-25-22)17-6-14-10-11(17)15-13(19)16-12(10)18/h6-9H,2-5H2,1H3,(H2,15,16,18,19)/t7-,8+,9+/m0/s1. The average Bonchev–Trinajstić information content (AvgIpc) is 3.24. The van der Waals surface area contributed by atoms with Crippen LogP contribution in [0.4, 0.5) is 0 Å². The minimum atomic E-state index is -1.80. The van der Waals surface area contributed by atoms with E-state index in [-0.39, 0.29) is 23.8 Å². The van der Waals surface area contributed by atoms with Crippen LogP contribution in [0.2, 0.25) is 0 Å². The first-order chi connectivity index (χ1) is 12.0. The Hall–Kier alpha value is -0.580. The number of rotatable bonds is 4. The second-order valence-electron chi connectivity index (χ2n) is 5.97. The highest BCUT2D eigenvalue weighted by Crippen LogP contribution is 2.74. The van der Waals surface area contributed by atoms with Crippen LogP contribution in [0, 0.1) is 5.92 Å². The minimum Gasteiger partial charge on any atom is -0.480 e. The van der Waals surface area contributed by atoms with E-state index in [1.54, 1.807) is 27.3 Å². The van der Waals surface area contributed by atoms with E-state index < -0.39 is 16.2 Å². The quantitative estimate of drug-likeness (QED) is 0.722. The van der Waals surface area contributed by atoms with Gasteiger partial charge >= 0.3 is 0 Å². The lowest BCUT2D eigenvalue weighted by atomic mass is 10.0. The van der Waals surface area contributed by atoms with Crippen molar-refractivity contribution in [2.45, 2.75) is 25.7 Å². The molecule has 0 aliphatic carbocycles. The van der Waals surface area contributed by atoms with Gasteiger partial charge in [-0.2, -0.15) is 4.98 Å². The van der Waals surface area contributed by atoms with Gasteiger partial charge < -0.3 is 14.4 Å². The summed E-state index contributed by atoms with van der Waals surface area (Å²) < 4.78 is 12.0. The number of aromatic amines is 1. The number of imidazole rings is 1. The molecule has 2 fully saturated rings. The van der Waals surface area contributed by atoms with Crippen molar-refractivity contribution in [3.8, 4) is 6.01 Å². The van der Waals surface area contributed by atoms with E-state index in [4.69, 9.17) is 21.1 Å². The van der Waals surface area contributed by atoms with E-state index in [2.05, 4.69) is 21.9 Å². The summed E-state index contributed by atoms with van der Waals surface area (Å²) in [5.74, 6) is 2.38. The Balaban J connectivity index is 1.51. The molecule has 136 valence electrons. The van der Waals surface area contributed by atoms with Crippen molar-refractivity contribution in [2.75, 3.05) is 18.1 Å². The monoisotopic (exact) mass is 420 g/mol. The Morgan fingerprint density at radius 3 is 3.08 bits per heavy atom. The number of H-pyrrole nitrogens is 1. The smallest absolute Gasteiger partial charge is 0.296 e. The zero-order valence-corrected chi connectivity index (χ0v) is 16.7. The molecule has 2 N–H and O–H groups in total. The molecule has 0 radical (unpaired) electrons. The van der Waals surface area contributed by atoms with Crippen molar-refractivity contribution in [2.24, 2.45) is 5.92 Å². The molecular weight excluding hydrogens is 403 g/mol. The van der Waals surface area contributed by atoms with Gasteiger partial charge in [0.25, 0.3) is 11.6 Å². The van der Waals surface area contributed by atoms with Gasteiger partial charge in [0.05, 0.1) is 19.0 Å². The molecule has 0 aromatic carbocycles. The van der Waals surface area contributed by atoms with Crippen molar-refractivity contribution < 1.29 is 14.4 Å². The van der Waals surface area contributed by atoms with Crippen LogP contribution in [0.15, 0.2) is 11.1 Å². The molecule has 4 heterocycles. The number of hydrogen-bond acceptors (Lipinski definition) is 9. The van der Waals surface area contributed by atoms with E-state index in [1.807, 2.05) is 0 Å². The molecule has 2 aromatic rings. The fraction of sp³-hybridized carbons (Fsp3) is 0.615. The van der Waals surface area contributed by atoms with E-state index in [9.17, 15) is 9.90 Å². The summed E-state index contributed by atoms with van der Waals surface area (Å²) in [6.45, 7) is 2.58. The Kier molecular flexibility index (Phi) is 4.89. The maximum atomic E-state index is 11.8. The summed E-state index contributed by atoms with van der Waals surface area (Å²) in [7, 11) is 0. The van der Waals surface area contributed by atoms with Crippen LogP contribution >= 0.6 is 27.4 Å². The fourth-order valence-electron chi connectivity index (χ4n) is 2.94. The predicted octanol–water partition coefficient (Wildman–Crippen LogP) is 2.47. The lowest BCUT2D eigenvalue weighted by molar-refractivity contribution is -0.0202. The molecule has 0 spiro atoms. The Bertz CT molecular complexity index is 893. The summed E-state index contributed by atoms with van der Waals surface area (Å²) in [6, 6.07) is -0.432. The zero-order valence-electron chi connectivity index (χ0n) is 13.3. The van der Waals surface area contributed by atoms with Gasteiger partial charge in [-0.05, 0) is 24.1 Å². The van der Waals surface area contributed by atoms with E-state index in [0.29, 0.717) is 12.3 Å². The highest BCUT2D eigenvalue weighted by atomic mass is 33.2. The summed E-state index contributed by atoms with van der Waals surface area (Å²) in [5.41, 5.74) is 0.0254. The van der Waals surface area contributed by atoms with Crippen molar-refractivity contribution in [1.29, 1.82) is 0 Å². The molecule has 8 nitrogen and oxygen atoms in total. The number of ether oxygens (including phenoxy) is 1. The maximum absolute atomic E-state index is 11.8. The Labute approximate surface area is 156 Å². The predicted molar refractivity (Wildman–Crippen MR) is 103 cm³/mol. The molecule has 0 amide bonds. The fourth-order valence-corrected chi connectivity index (χ4v) is 11.8. The summed E-state index contributed by atoms with van der Waals surface area (Å²) in [6.07, 6.45) is 1.90. The van der Waals surface area contributed by atoms with Gasteiger partial charge in [-0.25, -0.2) is 4.98 Å². The molecule has 0 unspecified atom stereocenters. The van der Waals surface area contributed by atoms with Gasteiger partial charge in [0.1, 0.15) is 6.23 Å². The Morgan fingerprint density at radius 1 is 1.56 bits per heavy atom. The molecule has 2 aliphatic rings. The van der Waals surface area contributed by atoms with Crippen LogP contribution in [0.3, 0.4) is 0 Å². The van der Waals surface area contributed by atoms with Crippen LogP contribution in [-0.4, -0.2) is 48.8 Å². The second-order valence-corrected chi connectivity index (χ2v) is 16.7. The zero-order chi connectivity index (χ0) is 17.6. The van der Waals surface area contributed by atoms with Gasteiger partial charge in [0.2, 0.25) is 0 Å². The van der Waals surface area contributed by atoms with Crippen molar-refractivity contribution in [3.05, 3.63) is 16.7 Å². The molecular formula is C13H17N4O4PS3. The normalized spacial score (nSPS) is 28.8. The molecule has 0 saturated carbocycles. The van der Waals surface area contributed by atoms with Crippen LogP contribution in [0.5, 0.6) is 6.01 Å². The highest BCUT2D eigenvalue weighted by molar-refractivity contribution is 9.00. The minimum absolute atomic E-state index is 0.0698. The lowest BCUT2D eigenvalue weighted by Crippen LogP contribution is -2.20. The SMILES string of the molecule is C[C@H]1C[C@H](n2cnc3c(=O)[nH]c(O)nc32)O[C@@H]1COP1(=S)SCCS1. The Morgan fingerprint density at radius 2 is 2.32 bits per heavy atom. The first kappa shape index (κ1) is 17.8. The van der Waals surface area contributed by atoms with Crippen molar-refractivity contribution in [3.63, 3.8) is 0 Å². The van der Waals surface area contributed by atoms with Gasteiger partial charge in [-0.1, -0.05) is 29.7 Å². The van der Waals surface area contributed by atoms with E-state index >= 15 is 0 Å². The molecule has 2 aromatic heterocycles. The summed E-state index contributed by atoms with van der Waals surface area (Å²) in [4.78, 5) is 22.1. The molecule has 2 saturated heterocycles. The third kappa shape index (κ3) is 3.50. The van der Waals surface area contributed by atoms with Crippen molar-refractivity contribution >= 4 is 50.4 Å². The van der Waals surface area contributed by atoms with Crippen LogP contribution in [0.1, 0.15) is 19.6 Å². The topological polar surface area (TPSA) is 102 Å². The van der Waals surface area contributed by atoms with Gasteiger partial charge in [0.15, 0.2) is 15.8 Å². The van der Waals surface area contributed by atoms with Crippen LogP contribution < -0.4 is 5.56 Å². The summed E-state index contributed by atoms with van der Waals surface area (Å²) >= 11 is 9.11. The van der Waals surface area contributed by atoms with Gasteiger partial charge in [0, 0.05) is 11.5 Å². The molecule has 25 heavy (non-hydrogen) atoms. The first-order valence-corrected chi connectivity index (χ1v) is 13.7. The number of nitrogens with zero attached hydrogens (tertiary/aromatic N) is 3. The number of fused-ring (bicyclic) bond motifs is 1. The molecule has 4 rings (SSSR count). The third-order valence-electron chi connectivity index (χ3n) is 4.25. The number of aromatic nitrogens is 4. The van der Waals surface area contributed by atoms with E-state index in [1.165, 1.54) is 6.33 Å². The summed E-state index contributed by atoms with van der Waals surface area (Å²) in [5, 5.41) is 9.55. The van der Waals surface area contributed by atoms with Crippen molar-refractivity contribution in [1.82, 2.24) is 19.5 Å². The lowest BCUT2D eigenvalue weighted by Gasteiger charge is -2.20. The largest absolute Gasteiger partial charge is 0.480 e. The molecule has 2 aliphatic heterocycles. The van der Waals surface area contributed by atoms with E-state index in [0.717, 1.165) is 17.9 Å². The second kappa shape index (κ2) is 6.86. The molecule has 3 atom stereocenters. The van der Waals surface area contributed by atoms with Crippen LogP contribution in [-0.2, 0) is 21.1 Å². The molecule has 12 heteroatoms. The van der Waals surface area contributed by atoms with Gasteiger partial charge in [-0.3, -0.25) is 14.3 Å².